The van der Waals surface area contributed by atoms with Crippen molar-refractivity contribution in [3.05, 3.63) is 22.3 Å². The maximum atomic E-state index is 8.70. The van der Waals surface area contributed by atoms with E-state index in [2.05, 4.69) is 4.98 Å². The van der Waals surface area contributed by atoms with Crippen LogP contribution in [0.15, 0.2) is 6.07 Å². The highest BCUT2D eigenvalue weighted by atomic mass is 35.5. The topological polar surface area (TPSA) is 45.9 Å². The third kappa shape index (κ3) is 2.10. The number of rotatable bonds is 2. The Labute approximate surface area is 81.9 Å². The molecule has 0 saturated carbocycles. The lowest BCUT2D eigenvalue weighted by Crippen LogP contribution is -1.97. The van der Waals surface area contributed by atoms with Crippen LogP contribution in [0.1, 0.15) is 18.1 Å². The van der Waals surface area contributed by atoms with E-state index in [1.54, 1.807) is 13.0 Å². The highest BCUT2D eigenvalue weighted by Gasteiger charge is 2.07. The molecule has 0 bridgehead atoms. The Morgan fingerprint density at radius 1 is 1.69 bits per heavy atom. The van der Waals surface area contributed by atoms with Gasteiger partial charge in [-0.25, -0.2) is 4.98 Å². The van der Waals surface area contributed by atoms with Crippen LogP contribution in [0.5, 0.6) is 5.88 Å². The van der Waals surface area contributed by atoms with Crippen molar-refractivity contribution in [2.75, 3.05) is 6.61 Å². The van der Waals surface area contributed by atoms with Gasteiger partial charge in [-0.15, -0.1) is 0 Å². The van der Waals surface area contributed by atoms with Gasteiger partial charge in [0.05, 0.1) is 12.2 Å². The minimum Gasteiger partial charge on any atom is -0.478 e. The van der Waals surface area contributed by atoms with Crippen molar-refractivity contribution in [2.45, 2.75) is 13.8 Å². The van der Waals surface area contributed by atoms with Gasteiger partial charge in [0.2, 0.25) is 5.88 Å². The van der Waals surface area contributed by atoms with Crippen molar-refractivity contribution in [3.8, 4) is 11.9 Å². The van der Waals surface area contributed by atoms with E-state index in [1.165, 1.54) is 0 Å². The molecule has 13 heavy (non-hydrogen) atoms. The van der Waals surface area contributed by atoms with Crippen molar-refractivity contribution in [1.29, 1.82) is 5.26 Å². The minimum absolute atomic E-state index is 0.200. The van der Waals surface area contributed by atoms with Gasteiger partial charge in [0.15, 0.2) is 5.15 Å². The molecule has 0 aromatic carbocycles. The summed E-state index contributed by atoms with van der Waals surface area (Å²) in [5, 5.41) is 8.90. The van der Waals surface area contributed by atoms with E-state index >= 15 is 0 Å². The third-order valence-electron chi connectivity index (χ3n) is 1.55. The molecule has 0 aliphatic carbocycles. The van der Waals surface area contributed by atoms with Crippen LogP contribution in [-0.4, -0.2) is 11.6 Å². The molecule has 0 aliphatic heterocycles. The van der Waals surface area contributed by atoms with Crippen LogP contribution in [0.2, 0.25) is 5.15 Å². The number of halogens is 1. The Kier molecular flexibility index (Phi) is 3.10. The van der Waals surface area contributed by atoms with E-state index in [1.807, 2.05) is 13.0 Å². The number of hydrogen-bond donors (Lipinski definition) is 0. The Bertz CT molecular complexity index is 334. The van der Waals surface area contributed by atoms with Gasteiger partial charge < -0.3 is 4.74 Å². The largest absolute Gasteiger partial charge is 0.478 e. The Hall–Kier alpha value is -1.27. The van der Waals surface area contributed by atoms with Crippen molar-refractivity contribution in [3.63, 3.8) is 0 Å². The van der Waals surface area contributed by atoms with Gasteiger partial charge in [-0.05, 0) is 19.4 Å². The van der Waals surface area contributed by atoms with Crippen molar-refractivity contribution >= 4 is 11.6 Å². The monoisotopic (exact) mass is 196 g/mol. The summed E-state index contributed by atoms with van der Waals surface area (Å²) in [6.45, 7) is 4.20. The molecule has 1 rings (SSSR count). The average Bonchev–Trinajstić information content (AvgIpc) is 2.04. The summed E-state index contributed by atoms with van der Waals surface area (Å²) in [7, 11) is 0. The Morgan fingerprint density at radius 2 is 2.38 bits per heavy atom. The van der Waals surface area contributed by atoms with Crippen LogP contribution in [-0.2, 0) is 0 Å². The summed E-state index contributed by atoms with van der Waals surface area (Å²) in [6, 6.07) is 3.69. The lowest BCUT2D eigenvalue weighted by Gasteiger charge is -2.04. The first-order valence-electron chi connectivity index (χ1n) is 3.89. The fourth-order valence-corrected chi connectivity index (χ4v) is 1.24. The zero-order valence-electron chi connectivity index (χ0n) is 7.47. The lowest BCUT2D eigenvalue weighted by atomic mass is 10.2. The molecule has 1 heterocycles. The molecular formula is C9H9ClN2O. The predicted molar refractivity (Wildman–Crippen MR) is 49.9 cm³/mol. The van der Waals surface area contributed by atoms with E-state index < -0.39 is 0 Å². The molecule has 0 N–H and O–H groups in total. The second kappa shape index (κ2) is 4.11. The van der Waals surface area contributed by atoms with Crippen LogP contribution in [0, 0.1) is 18.3 Å². The number of ether oxygens (including phenoxy) is 1. The normalized spacial score (nSPS) is 9.38. The average molecular weight is 197 g/mol. The lowest BCUT2D eigenvalue weighted by molar-refractivity contribution is 0.326. The summed E-state index contributed by atoms with van der Waals surface area (Å²) < 4.78 is 5.16. The number of nitriles is 1. The molecule has 0 amide bonds. The number of hydrogen-bond acceptors (Lipinski definition) is 3. The first-order valence-corrected chi connectivity index (χ1v) is 4.27. The van der Waals surface area contributed by atoms with Gasteiger partial charge in [0.25, 0.3) is 0 Å². The van der Waals surface area contributed by atoms with Crippen molar-refractivity contribution in [2.24, 2.45) is 0 Å². The second-order valence-corrected chi connectivity index (χ2v) is 2.85. The van der Waals surface area contributed by atoms with E-state index in [0.717, 1.165) is 5.56 Å². The third-order valence-corrected chi connectivity index (χ3v) is 1.83. The standard InChI is InChI=1S/C9H9ClN2O/c1-3-13-8-4-6(2)7(5-11)9(10)12-8/h4H,3H2,1-2H3. The molecule has 0 atom stereocenters. The Morgan fingerprint density at radius 3 is 2.85 bits per heavy atom. The number of pyridine rings is 1. The maximum absolute atomic E-state index is 8.70. The van der Waals surface area contributed by atoms with Crippen molar-refractivity contribution < 1.29 is 4.74 Å². The molecule has 0 unspecified atom stereocenters. The summed E-state index contributed by atoms with van der Waals surface area (Å²) in [5.41, 5.74) is 1.19. The smallest absolute Gasteiger partial charge is 0.214 e. The van der Waals surface area contributed by atoms with Gasteiger partial charge in [-0.1, -0.05) is 11.6 Å². The second-order valence-electron chi connectivity index (χ2n) is 2.49. The van der Waals surface area contributed by atoms with Gasteiger partial charge in [0, 0.05) is 6.07 Å². The van der Waals surface area contributed by atoms with Gasteiger partial charge >= 0.3 is 0 Å². The number of nitrogens with zero attached hydrogens (tertiary/aromatic N) is 2. The summed E-state index contributed by atoms with van der Waals surface area (Å²) in [5.74, 6) is 0.462. The van der Waals surface area contributed by atoms with E-state index in [9.17, 15) is 0 Å². The molecule has 0 fully saturated rings. The molecule has 0 aliphatic rings. The zero-order chi connectivity index (χ0) is 9.84. The Balaban J connectivity index is 3.14. The molecule has 4 heteroatoms. The highest BCUT2D eigenvalue weighted by Crippen LogP contribution is 2.21. The molecule has 0 spiro atoms. The summed E-state index contributed by atoms with van der Waals surface area (Å²) >= 11 is 5.76. The molecule has 1 aromatic heterocycles. The molecule has 0 radical (unpaired) electrons. The fourth-order valence-electron chi connectivity index (χ4n) is 0.961. The van der Waals surface area contributed by atoms with Crippen LogP contribution >= 0.6 is 11.6 Å². The van der Waals surface area contributed by atoms with Crippen LogP contribution < -0.4 is 4.74 Å². The van der Waals surface area contributed by atoms with Gasteiger partial charge in [-0.3, -0.25) is 0 Å². The van der Waals surface area contributed by atoms with Crippen LogP contribution in [0.4, 0.5) is 0 Å². The summed E-state index contributed by atoms with van der Waals surface area (Å²) in [4.78, 5) is 3.92. The highest BCUT2D eigenvalue weighted by molar-refractivity contribution is 6.30. The van der Waals surface area contributed by atoms with E-state index in [4.69, 9.17) is 21.6 Å². The van der Waals surface area contributed by atoms with E-state index in [-0.39, 0.29) is 5.15 Å². The molecular weight excluding hydrogens is 188 g/mol. The van der Waals surface area contributed by atoms with Gasteiger partial charge in [-0.2, -0.15) is 5.26 Å². The molecule has 1 aromatic rings. The number of aromatic nitrogens is 1. The molecule has 0 saturated heterocycles. The fraction of sp³-hybridized carbons (Fsp3) is 0.333. The molecule has 68 valence electrons. The predicted octanol–water partition coefficient (Wildman–Crippen LogP) is 2.31. The SMILES string of the molecule is CCOc1cc(C)c(C#N)c(Cl)n1. The summed E-state index contributed by atoms with van der Waals surface area (Å²) in [6.07, 6.45) is 0. The number of aryl methyl sites for hydroxylation is 1. The van der Waals surface area contributed by atoms with Crippen molar-refractivity contribution in [1.82, 2.24) is 4.98 Å². The first-order chi connectivity index (χ1) is 6.19. The maximum Gasteiger partial charge on any atom is 0.214 e. The minimum atomic E-state index is 0.200. The quantitative estimate of drug-likeness (QED) is 0.682. The zero-order valence-corrected chi connectivity index (χ0v) is 8.22. The van der Waals surface area contributed by atoms with Crippen LogP contribution in [0.25, 0.3) is 0 Å². The van der Waals surface area contributed by atoms with E-state index in [0.29, 0.717) is 18.1 Å². The molecule has 3 nitrogen and oxygen atoms in total. The van der Waals surface area contributed by atoms with Crippen LogP contribution in [0.3, 0.4) is 0 Å². The first kappa shape index (κ1) is 9.82. The van der Waals surface area contributed by atoms with Gasteiger partial charge in [0.1, 0.15) is 6.07 Å².